The molecule has 0 spiro atoms. The molecule has 7 nitrogen and oxygen atoms in total. The third-order valence-electron chi connectivity index (χ3n) is 3.77. The van der Waals surface area contributed by atoms with Crippen molar-refractivity contribution in [2.45, 2.75) is 56.1 Å². The van der Waals surface area contributed by atoms with Crippen molar-refractivity contribution in [3.63, 3.8) is 0 Å². The summed E-state index contributed by atoms with van der Waals surface area (Å²) in [5.74, 6) is -0.936. The standard InChI is InChI=1S/C15H20O7S/c1-9-4-6-10(7-5-9)23(17,18)22-12-11(16)8-19-14-13(12)20-15(2,3)21-14/h4-7,11-14,16H,8H2,1-3H3/t11-,12-,13+,14+/m1/s1. The van der Waals surface area contributed by atoms with Crippen LogP contribution < -0.4 is 0 Å². The fraction of sp³-hybridized carbons (Fsp3) is 0.600. The number of fused-ring (bicyclic) bond motifs is 1. The van der Waals surface area contributed by atoms with Gasteiger partial charge in [-0.2, -0.15) is 8.42 Å². The van der Waals surface area contributed by atoms with Crippen molar-refractivity contribution >= 4 is 10.1 Å². The van der Waals surface area contributed by atoms with Crippen LogP contribution in [0.15, 0.2) is 29.2 Å². The van der Waals surface area contributed by atoms with E-state index in [2.05, 4.69) is 0 Å². The number of rotatable bonds is 3. The molecule has 128 valence electrons. The second-order valence-corrected chi connectivity index (χ2v) is 7.77. The van der Waals surface area contributed by atoms with E-state index in [1.807, 2.05) is 6.92 Å². The first kappa shape index (κ1) is 16.8. The zero-order chi connectivity index (χ0) is 16.8. The lowest BCUT2D eigenvalue weighted by Gasteiger charge is -2.34. The Labute approximate surface area is 135 Å². The summed E-state index contributed by atoms with van der Waals surface area (Å²) in [6, 6.07) is 6.28. The molecule has 2 aliphatic rings. The van der Waals surface area contributed by atoms with Crippen LogP contribution >= 0.6 is 0 Å². The monoisotopic (exact) mass is 344 g/mol. The maximum atomic E-state index is 12.4. The molecule has 23 heavy (non-hydrogen) atoms. The molecule has 0 amide bonds. The van der Waals surface area contributed by atoms with E-state index < -0.39 is 40.5 Å². The molecule has 2 heterocycles. The first-order chi connectivity index (χ1) is 10.7. The summed E-state index contributed by atoms with van der Waals surface area (Å²) in [6.07, 6.45) is -3.82. The summed E-state index contributed by atoms with van der Waals surface area (Å²) < 4.78 is 46.7. The van der Waals surface area contributed by atoms with Gasteiger partial charge in [0.15, 0.2) is 12.1 Å². The number of benzene rings is 1. The Morgan fingerprint density at radius 2 is 1.87 bits per heavy atom. The highest BCUT2D eigenvalue weighted by Crippen LogP contribution is 2.36. The molecular weight excluding hydrogens is 324 g/mol. The molecule has 0 aliphatic carbocycles. The zero-order valence-corrected chi connectivity index (χ0v) is 13.9. The molecule has 1 aromatic carbocycles. The maximum absolute atomic E-state index is 12.4. The lowest BCUT2D eigenvalue weighted by molar-refractivity contribution is -0.213. The predicted molar refractivity (Wildman–Crippen MR) is 79.0 cm³/mol. The third-order valence-corrected chi connectivity index (χ3v) is 5.09. The first-order valence-corrected chi connectivity index (χ1v) is 8.74. The van der Waals surface area contributed by atoms with Gasteiger partial charge in [-0.1, -0.05) is 17.7 Å². The highest BCUT2D eigenvalue weighted by Gasteiger charge is 2.53. The van der Waals surface area contributed by atoms with E-state index in [1.54, 1.807) is 26.0 Å². The van der Waals surface area contributed by atoms with Gasteiger partial charge >= 0.3 is 0 Å². The molecule has 0 aromatic heterocycles. The SMILES string of the molecule is Cc1ccc(S(=O)(=O)O[C@H]2[C@@H]3OC(C)(C)O[C@@H]3OC[C@H]2O)cc1. The molecule has 0 radical (unpaired) electrons. The minimum absolute atomic E-state index is 0.0246. The van der Waals surface area contributed by atoms with Crippen LogP contribution in [0.3, 0.4) is 0 Å². The topological polar surface area (TPSA) is 91.3 Å². The zero-order valence-electron chi connectivity index (χ0n) is 13.1. The highest BCUT2D eigenvalue weighted by atomic mass is 32.2. The van der Waals surface area contributed by atoms with Crippen molar-refractivity contribution in [1.29, 1.82) is 0 Å². The van der Waals surface area contributed by atoms with Crippen LogP contribution in [-0.2, 0) is 28.5 Å². The van der Waals surface area contributed by atoms with Gasteiger partial charge in [0.2, 0.25) is 0 Å². The van der Waals surface area contributed by atoms with E-state index >= 15 is 0 Å². The summed E-state index contributed by atoms with van der Waals surface area (Å²) in [7, 11) is -4.04. The number of aryl methyl sites for hydroxylation is 1. The van der Waals surface area contributed by atoms with Gasteiger partial charge in [0.1, 0.15) is 18.3 Å². The van der Waals surface area contributed by atoms with Gasteiger partial charge < -0.3 is 19.3 Å². The van der Waals surface area contributed by atoms with E-state index in [9.17, 15) is 13.5 Å². The third kappa shape index (κ3) is 3.42. The summed E-state index contributed by atoms with van der Waals surface area (Å²) in [5, 5.41) is 10.1. The lowest BCUT2D eigenvalue weighted by atomic mass is 10.1. The summed E-state index contributed by atoms with van der Waals surface area (Å²) in [6.45, 7) is 5.14. The van der Waals surface area contributed by atoms with Crippen molar-refractivity contribution in [2.75, 3.05) is 6.61 Å². The quantitative estimate of drug-likeness (QED) is 0.816. The summed E-state index contributed by atoms with van der Waals surface area (Å²) >= 11 is 0. The van der Waals surface area contributed by atoms with E-state index in [4.69, 9.17) is 18.4 Å². The van der Waals surface area contributed by atoms with E-state index in [-0.39, 0.29) is 11.5 Å². The van der Waals surface area contributed by atoms with Gasteiger partial charge in [-0.15, -0.1) is 0 Å². The summed E-state index contributed by atoms with van der Waals surface area (Å²) in [4.78, 5) is 0.0246. The van der Waals surface area contributed by atoms with E-state index in [0.29, 0.717) is 0 Å². The molecule has 0 unspecified atom stereocenters. The van der Waals surface area contributed by atoms with Crippen molar-refractivity contribution in [2.24, 2.45) is 0 Å². The minimum atomic E-state index is -4.04. The number of aliphatic hydroxyl groups is 1. The molecule has 4 atom stereocenters. The number of hydrogen-bond acceptors (Lipinski definition) is 7. The van der Waals surface area contributed by atoms with Crippen LogP contribution in [0.2, 0.25) is 0 Å². The van der Waals surface area contributed by atoms with Crippen molar-refractivity contribution in [3.8, 4) is 0 Å². The van der Waals surface area contributed by atoms with Gasteiger partial charge in [-0.25, -0.2) is 0 Å². The average molecular weight is 344 g/mol. The lowest BCUT2D eigenvalue weighted by Crippen LogP contribution is -2.53. The van der Waals surface area contributed by atoms with Crippen LogP contribution in [0.5, 0.6) is 0 Å². The number of aliphatic hydroxyl groups excluding tert-OH is 1. The molecule has 2 aliphatic heterocycles. The Morgan fingerprint density at radius 1 is 1.22 bits per heavy atom. The predicted octanol–water partition coefficient (Wildman–Crippen LogP) is 0.938. The molecule has 2 fully saturated rings. The van der Waals surface area contributed by atoms with E-state index in [1.165, 1.54) is 12.1 Å². The number of hydrogen-bond donors (Lipinski definition) is 1. The Hall–Kier alpha value is -1.03. The maximum Gasteiger partial charge on any atom is 0.297 e. The molecule has 2 saturated heterocycles. The average Bonchev–Trinajstić information content (AvgIpc) is 2.77. The Morgan fingerprint density at radius 3 is 2.52 bits per heavy atom. The van der Waals surface area contributed by atoms with Crippen LogP contribution in [0.25, 0.3) is 0 Å². The molecule has 0 bridgehead atoms. The largest absolute Gasteiger partial charge is 0.388 e. The molecule has 1 N–H and O–H groups in total. The number of ether oxygens (including phenoxy) is 3. The van der Waals surface area contributed by atoms with Gasteiger partial charge in [0.05, 0.1) is 11.5 Å². The Kier molecular flexibility index (Phi) is 4.24. The Bertz CT molecular complexity index is 668. The second-order valence-electron chi connectivity index (χ2n) is 6.20. The molecule has 8 heteroatoms. The van der Waals surface area contributed by atoms with E-state index in [0.717, 1.165) is 5.56 Å². The van der Waals surface area contributed by atoms with Crippen molar-refractivity contribution < 1.29 is 31.9 Å². The molecule has 0 saturated carbocycles. The first-order valence-electron chi connectivity index (χ1n) is 7.33. The molecule has 3 rings (SSSR count). The van der Waals surface area contributed by atoms with Gasteiger partial charge in [-0.3, -0.25) is 4.18 Å². The smallest absolute Gasteiger partial charge is 0.297 e. The van der Waals surface area contributed by atoms with Crippen LogP contribution in [-0.4, -0.2) is 50.5 Å². The molecule has 1 aromatic rings. The Balaban J connectivity index is 1.83. The van der Waals surface area contributed by atoms with Crippen LogP contribution in [0.4, 0.5) is 0 Å². The van der Waals surface area contributed by atoms with Crippen LogP contribution in [0, 0.1) is 6.92 Å². The van der Waals surface area contributed by atoms with Crippen LogP contribution in [0.1, 0.15) is 19.4 Å². The molecular formula is C15H20O7S. The fourth-order valence-corrected chi connectivity index (χ4v) is 3.75. The minimum Gasteiger partial charge on any atom is -0.388 e. The van der Waals surface area contributed by atoms with Crippen molar-refractivity contribution in [1.82, 2.24) is 0 Å². The van der Waals surface area contributed by atoms with Gasteiger partial charge in [0, 0.05) is 0 Å². The second kappa shape index (κ2) is 5.80. The highest BCUT2D eigenvalue weighted by molar-refractivity contribution is 7.86. The normalized spacial score (nSPS) is 33.4. The summed E-state index contributed by atoms with van der Waals surface area (Å²) in [5.41, 5.74) is 0.935. The fourth-order valence-electron chi connectivity index (χ4n) is 2.64. The van der Waals surface area contributed by atoms with Gasteiger partial charge in [-0.05, 0) is 32.9 Å². The van der Waals surface area contributed by atoms with Crippen molar-refractivity contribution in [3.05, 3.63) is 29.8 Å². The van der Waals surface area contributed by atoms with Gasteiger partial charge in [0.25, 0.3) is 10.1 Å².